The third kappa shape index (κ3) is 2.49. The van der Waals surface area contributed by atoms with E-state index in [0.717, 1.165) is 15.0 Å². The summed E-state index contributed by atoms with van der Waals surface area (Å²) in [6, 6.07) is 7.37. The first-order valence-electron chi connectivity index (χ1n) is 4.88. The van der Waals surface area contributed by atoms with E-state index in [4.69, 9.17) is 0 Å². The molecule has 0 aliphatic rings. The number of fused-ring (bicyclic) bond motifs is 1. The Labute approximate surface area is 92.8 Å². The van der Waals surface area contributed by atoms with Crippen LogP contribution in [0, 0.1) is 0 Å². The zero-order valence-corrected chi connectivity index (χ0v) is 9.64. The minimum absolute atomic E-state index is 0.287. The van der Waals surface area contributed by atoms with Crippen LogP contribution in [0.4, 0.5) is 0 Å². The minimum Gasteiger partial charge on any atom is -0.508 e. The van der Waals surface area contributed by atoms with Gasteiger partial charge in [0.05, 0.1) is 5.60 Å². The van der Waals surface area contributed by atoms with Crippen molar-refractivity contribution < 1.29 is 10.2 Å². The normalized spacial score (nSPS) is 12.2. The van der Waals surface area contributed by atoms with Gasteiger partial charge in [0.25, 0.3) is 0 Å². The molecule has 0 aliphatic heterocycles. The van der Waals surface area contributed by atoms with Crippen LogP contribution in [-0.2, 0) is 6.42 Å². The minimum atomic E-state index is -0.678. The fraction of sp³-hybridized carbons (Fsp3) is 0.333. The Morgan fingerprint density at radius 3 is 2.67 bits per heavy atom. The van der Waals surface area contributed by atoms with E-state index >= 15 is 0 Å². The Kier molecular flexibility index (Phi) is 2.44. The van der Waals surface area contributed by atoms with Gasteiger partial charge in [-0.1, -0.05) is 0 Å². The van der Waals surface area contributed by atoms with Gasteiger partial charge in [-0.25, -0.2) is 0 Å². The van der Waals surface area contributed by atoms with Crippen LogP contribution in [0.25, 0.3) is 10.1 Å². The van der Waals surface area contributed by atoms with Gasteiger partial charge in [0.1, 0.15) is 5.75 Å². The Morgan fingerprint density at radius 2 is 2.00 bits per heavy atom. The van der Waals surface area contributed by atoms with E-state index in [1.165, 1.54) is 0 Å². The first kappa shape index (κ1) is 10.5. The van der Waals surface area contributed by atoms with E-state index in [2.05, 4.69) is 0 Å². The van der Waals surface area contributed by atoms with Crippen molar-refractivity contribution in [3.63, 3.8) is 0 Å². The summed E-state index contributed by atoms with van der Waals surface area (Å²) in [5, 5.41) is 20.1. The maximum atomic E-state index is 9.71. The third-order valence-corrected chi connectivity index (χ3v) is 3.27. The number of thiophene rings is 1. The van der Waals surface area contributed by atoms with Crippen LogP contribution < -0.4 is 0 Å². The van der Waals surface area contributed by atoms with Crippen molar-refractivity contribution in [2.45, 2.75) is 25.9 Å². The maximum absolute atomic E-state index is 9.71. The van der Waals surface area contributed by atoms with Gasteiger partial charge in [0.15, 0.2) is 0 Å². The number of rotatable bonds is 2. The lowest BCUT2D eigenvalue weighted by atomic mass is 10.0. The van der Waals surface area contributed by atoms with Crippen molar-refractivity contribution in [1.82, 2.24) is 0 Å². The molecule has 0 aliphatic carbocycles. The number of phenolic OH excluding ortho intramolecular Hbond substituents is 1. The first-order valence-corrected chi connectivity index (χ1v) is 5.69. The van der Waals surface area contributed by atoms with E-state index in [0.29, 0.717) is 6.42 Å². The molecule has 0 bridgehead atoms. The van der Waals surface area contributed by atoms with Crippen molar-refractivity contribution in [2.24, 2.45) is 0 Å². The molecule has 0 atom stereocenters. The highest BCUT2D eigenvalue weighted by Gasteiger charge is 2.15. The molecule has 0 saturated carbocycles. The van der Waals surface area contributed by atoms with E-state index in [-0.39, 0.29) is 5.75 Å². The predicted octanol–water partition coefficient (Wildman–Crippen LogP) is 2.92. The van der Waals surface area contributed by atoms with Crippen molar-refractivity contribution >= 4 is 21.4 Å². The van der Waals surface area contributed by atoms with Crippen LogP contribution in [0.1, 0.15) is 18.7 Å². The summed E-state index contributed by atoms with van der Waals surface area (Å²) in [7, 11) is 0. The van der Waals surface area contributed by atoms with Crippen LogP contribution in [0.15, 0.2) is 24.3 Å². The molecule has 1 heterocycles. The van der Waals surface area contributed by atoms with Crippen LogP contribution in [0.2, 0.25) is 0 Å². The van der Waals surface area contributed by atoms with Crippen molar-refractivity contribution in [3.8, 4) is 5.75 Å². The lowest BCUT2D eigenvalue weighted by Crippen LogP contribution is -2.20. The van der Waals surface area contributed by atoms with Gasteiger partial charge in [0, 0.05) is 16.0 Å². The number of aromatic hydroxyl groups is 1. The van der Waals surface area contributed by atoms with Crippen LogP contribution in [0.3, 0.4) is 0 Å². The Morgan fingerprint density at radius 1 is 1.27 bits per heavy atom. The number of phenols is 1. The van der Waals surface area contributed by atoms with Gasteiger partial charge in [-0.3, -0.25) is 0 Å². The topological polar surface area (TPSA) is 40.5 Å². The number of hydrogen-bond donors (Lipinski definition) is 2. The van der Waals surface area contributed by atoms with Gasteiger partial charge in [-0.15, -0.1) is 11.3 Å². The highest BCUT2D eigenvalue weighted by Crippen LogP contribution is 2.30. The van der Waals surface area contributed by atoms with Crippen LogP contribution >= 0.6 is 11.3 Å². The van der Waals surface area contributed by atoms with E-state index in [1.54, 1.807) is 37.3 Å². The summed E-state index contributed by atoms with van der Waals surface area (Å²) in [5.41, 5.74) is -0.678. The molecule has 2 aromatic rings. The van der Waals surface area contributed by atoms with E-state index < -0.39 is 5.60 Å². The third-order valence-electron chi connectivity index (χ3n) is 2.16. The molecule has 0 spiro atoms. The summed E-state index contributed by atoms with van der Waals surface area (Å²) >= 11 is 1.66. The number of benzene rings is 1. The number of hydrogen-bond acceptors (Lipinski definition) is 3. The predicted molar refractivity (Wildman–Crippen MR) is 63.5 cm³/mol. The largest absolute Gasteiger partial charge is 0.508 e. The summed E-state index contributed by atoms with van der Waals surface area (Å²) in [4.78, 5) is 1.14. The highest BCUT2D eigenvalue weighted by atomic mass is 32.1. The summed E-state index contributed by atoms with van der Waals surface area (Å²) in [6.45, 7) is 3.60. The van der Waals surface area contributed by atoms with Crippen LogP contribution in [-0.4, -0.2) is 15.8 Å². The molecule has 2 N–H and O–H groups in total. The average Bonchev–Trinajstić information content (AvgIpc) is 2.42. The Balaban J connectivity index is 2.39. The van der Waals surface area contributed by atoms with Crippen molar-refractivity contribution in [3.05, 3.63) is 29.1 Å². The van der Waals surface area contributed by atoms with Crippen LogP contribution in [0.5, 0.6) is 5.75 Å². The molecule has 2 rings (SSSR count). The quantitative estimate of drug-likeness (QED) is 0.820. The van der Waals surface area contributed by atoms with Gasteiger partial charge >= 0.3 is 0 Å². The van der Waals surface area contributed by atoms with E-state index in [1.807, 2.05) is 12.1 Å². The lowest BCUT2D eigenvalue weighted by Gasteiger charge is -2.14. The van der Waals surface area contributed by atoms with Crippen molar-refractivity contribution in [1.29, 1.82) is 0 Å². The second-order valence-electron chi connectivity index (χ2n) is 4.42. The standard InChI is InChI=1S/C12H14O2S/c1-12(2,14)7-10-6-8-5-9(13)3-4-11(8)15-10/h3-6,13-14H,7H2,1-2H3. The zero-order chi connectivity index (χ0) is 11.1. The van der Waals surface area contributed by atoms with Gasteiger partial charge in [-0.2, -0.15) is 0 Å². The maximum Gasteiger partial charge on any atom is 0.116 e. The fourth-order valence-electron chi connectivity index (χ4n) is 1.60. The summed E-state index contributed by atoms with van der Waals surface area (Å²) in [5.74, 6) is 0.287. The molecular weight excluding hydrogens is 208 g/mol. The monoisotopic (exact) mass is 222 g/mol. The molecule has 0 unspecified atom stereocenters. The molecule has 1 aromatic carbocycles. The second-order valence-corrected chi connectivity index (χ2v) is 5.59. The molecule has 15 heavy (non-hydrogen) atoms. The van der Waals surface area contributed by atoms with Gasteiger partial charge in [-0.05, 0) is 43.5 Å². The SMILES string of the molecule is CC(C)(O)Cc1cc2cc(O)ccc2s1. The molecule has 80 valence electrons. The highest BCUT2D eigenvalue weighted by molar-refractivity contribution is 7.19. The lowest BCUT2D eigenvalue weighted by molar-refractivity contribution is 0.0819. The fourth-order valence-corrected chi connectivity index (χ4v) is 2.86. The van der Waals surface area contributed by atoms with E-state index in [9.17, 15) is 10.2 Å². The number of aliphatic hydroxyl groups is 1. The molecule has 2 nitrogen and oxygen atoms in total. The zero-order valence-electron chi connectivity index (χ0n) is 8.82. The molecule has 3 heteroatoms. The molecular formula is C12H14O2S. The second kappa shape index (κ2) is 3.51. The molecule has 0 amide bonds. The van der Waals surface area contributed by atoms with Crippen molar-refractivity contribution in [2.75, 3.05) is 0 Å². The average molecular weight is 222 g/mol. The van der Waals surface area contributed by atoms with Gasteiger partial charge in [0.2, 0.25) is 0 Å². The molecule has 0 saturated heterocycles. The Hall–Kier alpha value is -1.06. The first-order chi connectivity index (χ1) is 6.94. The molecule has 0 radical (unpaired) electrons. The summed E-state index contributed by atoms with van der Waals surface area (Å²) < 4.78 is 1.15. The van der Waals surface area contributed by atoms with Gasteiger partial charge < -0.3 is 10.2 Å². The molecule has 0 fully saturated rings. The summed E-state index contributed by atoms with van der Waals surface area (Å²) in [6.07, 6.45) is 0.646. The smallest absolute Gasteiger partial charge is 0.116 e. The Bertz CT molecular complexity index is 480. The molecule has 1 aromatic heterocycles.